The highest BCUT2D eigenvalue weighted by Crippen LogP contribution is 2.38. The van der Waals surface area contributed by atoms with E-state index in [9.17, 15) is 0 Å². The van der Waals surface area contributed by atoms with Crippen LogP contribution in [-0.4, -0.2) is 26.3 Å². The Morgan fingerprint density at radius 3 is 2.95 bits per heavy atom. The molecule has 0 aromatic heterocycles. The molecule has 0 radical (unpaired) electrons. The third kappa shape index (κ3) is 3.98. The summed E-state index contributed by atoms with van der Waals surface area (Å²) in [5.41, 5.74) is 2.43. The van der Waals surface area contributed by atoms with Gasteiger partial charge in [0.15, 0.2) is 11.5 Å². The van der Waals surface area contributed by atoms with Crippen molar-refractivity contribution in [1.29, 1.82) is 0 Å². The lowest BCUT2D eigenvalue weighted by atomic mass is 10.1. The number of hydrogen-bond donors (Lipinski definition) is 1. The summed E-state index contributed by atoms with van der Waals surface area (Å²) in [5, 5.41) is 3.40. The Morgan fingerprint density at radius 2 is 2.16 bits per heavy atom. The van der Waals surface area contributed by atoms with Gasteiger partial charge in [-0.3, -0.25) is 0 Å². The van der Waals surface area contributed by atoms with Gasteiger partial charge in [0, 0.05) is 6.54 Å². The molecule has 0 saturated heterocycles. The van der Waals surface area contributed by atoms with Gasteiger partial charge in [-0.05, 0) is 53.5 Å². The first-order valence-corrected chi connectivity index (χ1v) is 7.47. The summed E-state index contributed by atoms with van der Waals surface area (Å²) in [4.78, 5) is 0. The number of benzene rings is 1. The van der Waals surface area contributed by atoms with E-state index >= 15 is 0 Å². The van der Waals surface area contributed by atoms with Crippen molar-refractivity contribution < 1.29 is 9.47 Å². The maximum Gasteiger partial charge on any atom is 0.175 e. The van der Waals surface area contributed by atoms with Crippen molar-refractivity contribution >= 4 is 22.0 Å². The number of nitrogens with one attached hydrogen (secondary N) is 1. The van der Waals surface area contributed by atoms with Crippen LogP contribution in [0.15, 0.2) is 22.2 Å². The lowest BCUT2D eigenvalue weighted by Crippen LogP contribution is -2.17. The summed E-state index contributed by atoms with van der Waals surface area (Å²) in [6, 6.07) is 4.10. The molecule has 0 amide bonds. The maximum absolute atomic E-state index is 5.63. The number of fused-ring (bicyclic) bond motifs is 1. The maximum atomic E-state index is 5.63. The molecular weight excluding hydrogens is 306 g/mol. The minimum absolute atomic E-state index is 0.612. The van der Waals surface area contributed by atoms with E-state index in [1.54, 1.807) is 0 Å². The SMILES string of the molecule is CCCNCC(C)=Cc1cc(Br)c2c(c1)OCCO2. The van der Waals surface area contributed by atoms with Gasteiger partial charge in [-0.2, -0.15) is 0 Å². The van der Waals surface area contributed by atoms with Crippen molar-refractivity contribution in [1.82, 2.24) is 5.32 Å². The summed E-state index contributed by atoms with van der Waals surface area (Å²) in [6.45, 7) is 7.50. The first-order chi connectivity index (χ1) is 9.20. The Morgan fingerprint density at radius 1 is 1.37 bits per heavy atom. The molecule has 1 aliphatic rings. The highest BCUT2D eigenvalue weighted by Gasteiger charge is 2.15. The zero-order chi connectivity index (χ0) is 13.7. The van der Waals surface area contributed by atoms with E-state index in [0.29, 0.717) is 13.2 Å². The van der Waals surface area contributed by atoms with Crippen molar-refractivity contribution in [2.75, 3.05) is 26.3 Å². The molecule has 1 aromatic rings. The molecule has 1 N–H and O–H groups in total. The van der Waals surface area contributed by atoms with Crippen LogP contribution >= 0.6 is 15.9 Å². The molecule has 2 rings (SSSR count). The number of halogens is 1. The Labute approximate surface area is 123 Å². The van der Waals surface area contributed by atoms with Crippen molar-refractivity contribution in [2.24, 2.45) is 0 Å². The van der Waals surface area contributed by atoms with Crippen LogP contribution in [0.25, 0.3) is 6.08 Å². The molecule has 0 atom stereocenters. The average molecular weight is 326 g/mol. The van der Waals surface area contributed by atoms with Crippen LogP contribution in [0.5, 0.6) is 11.5 Å². The Bertz CT molecular complexity index is 471. The molecule has 104 valence electrons. The van der Waals surface area contributed by atoms with Gasteiger partial charge in [0.2, 0.25) is 0 Å². The fraction of sp³-hybridized carbons (Fsp3) is 0.467. The van der Waals surface area contributed by atoms with Crippen molar-refractivity contribution in [3.05, 3.63) is 27.7 Å². The van der Waals surface area contributed by atoms with Gasteiger partial charge < -0.3 is 14.8 Å². The van der Waals surface area contributed by atoms with Crippen LogP contribution in [0, 0.1) is 0 Å². The second-order valence-corrected chi connectivity index (χ2v) is 5.55. The summed E-state index contributed by atoms with van der Waals surface area (Å²) >= 11 is 3.54. The summed E-state index contributed by atoms with van der Waals surface area (Å²) < 4.78 is 12.2. The standard InChI is InChI=1S/C15H20BrNO2/c1-3-4-17-10-11(2)7-12-8-13(16)15-14(9-12)18-5-6-19-15/h7-9,17H,3-6,10H2,1-2H3. The zero-order valence-corrected chi connectivity index (χ0v) is 13.0. The molecule has 1 aliphatic heterocycles. The quantitative estimate of drug-likeness (QED) is 0.839. The predicted octanol–water partition coefficient (Wildman–Crippen LogP) is 3.62. The fourth-order valence-electron chi connectivity index (χ4n) is 2.01. The smallest absolute Gasteiger partial charge is 0.175 e. The van der Waals surface area contributed by atoms with Gasteiger partial charge in [0.25, 0.3) is 0 Å². The minimum atomic E-state index is 0.612. The number of rotatable bonds is 5. The molecular formula is C15H20BrNO2. The monoisotopic (exact) mass is 325 g/mol. The van der Waals surface area contributed by atoms with E-state index in [0.717, 1.165) is 41.0 Å². The van der Waals surface area contributed by atoms with Gasteiger partial charge in [0.1, 0.15) is 13.2 Å². The van der Waals surface area contributed by atoms with E-state index in [1.807, 2.05) is 6.07 Å². The largest absolute Gasteiger partial charge is 0.486 e. The third-order valence-corrected chi connectivity index (χ3v) is 3.45. The third-order valence-electron chi connectivity index (χ3n) is 2.86. The van der Waals surface area contributed by atoms with E-state index in [1.165, 1.54) is 5.57 Å². The van der Waals surface area contributed by atoms with Crippen LogP contribution in [0.3, 0.4) is 0 Å². The van der Waals surface area contributed by atoms with Crippen molar-refractivity contribution in [3.8, 4) is 11.5 Å². The van der Waals surface area contributed by atoms with Crippen LogP contribution in [0.4, 0.5) is 0 Å². The van der Waals surface area contributed by atoms with Crippen LogP contribution in [0.1, 0.15) is 25.8 Å². The normalized spacial score (nSPS) is 14.6. The van der Waals surface area contributed by atoms with E-state index in [-0.39, 0.29) is 0 Å². The van der Waals surface area contributed by atoms with E-state index in [4.69, 9.17) is 9.47 Å². The van der Waals surface area contributed by atoms with E-state index in [2.05, 4.69) is 47.2 Å². The summed E-state index contributed by atoms with van der Waals surface area (Å²) in [5.74, 6) is 1.63. The second kappa shape index (κ2) is 6.96. The molecule has 0 unspecified atom stereocenters. The molecule has 1 heterocycles. The molecule has 0 aliphatic carbocycles. The summed E-state index contributed by atoms with van der Waals surface area (Å²) in [6.07, 6.45) is 3.33. The average Bonchev–Trinajstić information content (AvgIpc) is 2.39. The first-order valence-electron chi connectivity index (χ1n) is 6.67. The highest BCUT2D eigenvalue weighted by molar-refractivity contribution is 9.10. The molecule has 0 fully saturated rings. The molecule has 0 saturated carbocycles. The lowest BCUT2D eigenvalue weighted by molar-refractivity contribution is 0.170. The highest BCUT2D eigenvalue weighted by atomic mass is 79.9. The molecule has 0 spiro atoms. The van der Waals surface area contributed by atoms with Gasteiger partial charge in [0.05, 0.1) is 4.47 Å². The Hall–Kier alpha value is -1.00. The predicted molar refractivity (Wildman–Crippen MR) is 81.9 cm³/mol. The first kappa shape index (κ1) is 14.4. The topological polar surface area (TPSA) is 30.5 Å². The molecule has 19 heavy (non-hydrogen) atoms. The van der Waals surface area contributed by atoms with Gasteiger partial charge in [-0.1, -0.05) is 18.6 Å². The number of ether oxygens (including phenoxy) is 2. The fourth-order valence-corrected chi connectivity index (χ4v) is 2.59. The zero-order valence-electron chi connectivity index (χ0n) is 11.5. The Kier molecular flexibility index (Phi) is 5.28. The van der Waals surface area contributed by atoms with Crippen LogP contribution in [-0.2, 0) is 0 Å². The van der Waals surface area contributed by atoms with Crippen molar-refractivity contribution in [2.45, 2.75) is 20.3 Å². The van der Waals surface area contributed by atoms with E-state index < -0.39 is 0 Å². The van der Waals surface area contributed by atoms with Crippen LogP contribution < -0.4 is 14.8 Å². The van der Waals surface area contributed by atoms with Crippen LogP contribution in [0.2, 0.25) is 0 Å². The van der Waals surface area contributed by atoms with Crippen molar-refractivity contribution in [3.63, 3.8) is 0 Å². The number of hydrogen-bond acceptors (Lipinski definition) is 3. The second-order valence-electron chi connectivity index (χ2n) is 4.69. The van der Waals surface area contributed by atoms with Gasteiger partial charge in [-0.25, -0.2) is 0 Å². The molecule has 0 bridgehead atoms. The summed E-state index contributed by atoms with van der Waals surface area (Å²) in [7, 11) is 0. The van der Waals surface area contributed by atoms with Gasteiger partial charge in [-0.15, -0.1) is 0 Å². The lowest BCUT2D eigenvalue weighted by Gasteiger charge is -2.20. The van der Waals surface area contributed by atoms with Gasteiger partial charge >= 0.3 is 0 Å². The molecule has 3 nitrogen and oxygen atoms in total. The molecule has 1 aromatic carbocycles. The minimum Gasteiger partial charge on any atom is -0.486 e. The Balaban J connectivity index is 2.12. The molecule has 4 heteroatoms.